The van der Waals surface area contributed by atoms with Crippen LogP contribution in [0.25, 0.3) is 11.0 Å². The van der Waals surface area contributed by atoms with Crippen molar-refractivity contribution >= 4 is 39.2 Å². The summed E-state index contributed by atoms with van der Waals surface area (Å²) < 4.78 is 4.17. The van der Waals surface area contributed by atoms with E-state index in [1.54, 1.807) is 0 Å². The van der Waals surface area contributed by atoms with Crippen molar-refractivity contribution in [1.82, 2.24) is 9.55 Å². The number of fused-ring (bicyclic) bond motifs is 1. The van der Waals surface area contributed by atoms with E-state index in [1.165, 1.54) is 31.2 Å². The predicted molar refractivity (Wildman–Crippen MR) is 76.8 cm³/mol. The quantitative estimate of drug-likeness (QED) is 0.815. The molecule has 0 atom stereocenters. The fourth-order valence-electron chi connectivity index (χ4n) is 2.29. The smallest absolute Gasteiger partial charge is 0.178 e. The van der Waals surface area contributed by atoms with E-state index < -0.39 is 0 Å². The lowest BCUT2D eigenvalue weighted by Crippen LogP contribution is -1.98. The summed E-state index contributed by atoms with van der Waals surface area (Å²) in [7, 11) is 0. The Bertz CT molecular complexity index is 595. The van der Waals surface area contributed by atoms with Crippen LogP contribution >= 0.6 is 28.1 Å². The van der Waals surface area contributed by atoms with Crippen LogP contribution in [0.5, 0.6) is 0 Å². The third-order valence-electron chi connectivity index (χ3n) is 3.43. The normalized spacial score (nSPS) is 15.6. The van der Waals surface area contributed by atoms with Crippen LogP contribution in [0, 0.1) is 10.7 Å². The van der Waals surface area contributed by atoms with E-state index in [4.69, 9.17) is 12.2 Å². The second kappa shape index (κ2) is 4.58. The molecule has 1 heterocycles. The van der Waals surface area contributed by atoms with Crippen LogP contribution in [-0.4, -0.2) is 9.55 Å². The summed E-state index contributed by atoms with van der Waals surface area (Å²) in [6, 6.07) is 6.26. The number of nitrogens with one attached hydrogen (secondary N) is 1. The predicted octanol–water partition coefficient (Wildman–Crippen LogP) is 4.65. The molecule has 0 spiro atoms. The largest absolute Gasteiger partial charge is 0.331 e. The molecule has 17 heavy (non-hydrogen) atoms. The van der Waals surface area contributed by atoms with Gasteiger partial charge in [-0.05, 0) is 49.2 Å². The van der Waals surface area contributed by atoms with Crippen LogP contribution in [0.3, 0.4) is 0 Å². The van der Waals surface area contributed by atoms with Crippen molar-refractivity contribution in [2.75, 3.05) is 0 Å². The summed E-state index contributed by atoms with van der Waals surface area (Å²) in [4.78, 5) is 3.26. The van der Waals surface area contributed by atoms with Crippen LogP contribution in [0.15, 0.2) is 22.7 Å². The minimum Gasteiger partial charge on any atom is -0.331 e. The van der Waals surface area contributed by atoms with Crippen molar-refractivity contribution < 1.29 is 0 Å². The van der Waals surface area contributed by atoms with Gasteiger partial charge in [-0.2, -0.15) is 0 Å². The number of benzene rings is 1. The van der Waals surface area contributed by atoms with Gasteiger partial charge in [0.15, 0.2) is 4.77 Å². The molecule has 2 aromatic rings. The maximum absolute atomic E-state index is 5.38. The first-order valence-electron chi connectivity index (χ1n) is 6.12. The van der Waals surface area contributed by atoms with Crippen LogP contribution in [0.2, 0.25) is 0 Å². The molecule has 4 heteroatoms. The molecule has 0 saturated heterocycles. The van der Waals surface area contributed by atoms with Crippen LogP contribution in [-0.2, 0) is 6.54 Å². The van der Waals surface area contributed by atoms with E-state index in [1.807, 2.05) is 6.07 Å². The number of hydrogen-bond acceptors (Lipinski definition) is 1. The third kappa shape index (κ3) is 2.47. The highest BCUT2D eigenvalue weighted by Gasteiger charge is 2.20. The molecule has 1 N–H and O–H groups in total. The number of rotatable bonds is 4. The van der Waals surface area contributed by atoms with Crippen molar-refractivity contribution in [1.29, 1.82) is 0 Å². The highest BCUT2D eigenvalue weighted by molar-refractivity contribution is 9.10. The number of halogens is 1. The van der Waals surface area contributed by atoms with Gasteiger partial charge in [0.25, 0.3) is 0 Å². The zero-order valence-corrected chi connectivity index (χ0v) is 12.0. The Morgan fingerprint density at radius 1 is 1.41 bits per heavy atom. The number of H-pyrrole nitrogens is 1. The summed E-state index contributed by atoms with van der Waals surface area (Å²) in [5.74, 6) is 1.00. The third-order valence-corrected chi connectivity index (χ3v) is 4.24. The summed E-state index contributed by atoms with van der Waals surface area (Å²) in [6.45, 7) is 1.03. The van der Waals surface area contributed by atoms with E-state index in [0.29, 0.717) is 0 Å². The molecule has 2 nitrogen and oxygen atoms in total. The molecule has 1 saturated carbocycles. The molecule has 0 radical (unpaired) electrons. The van der Waals surface area contributed by atoms with Crippen LogP contribution in [0.1, 0.15) is 25.7 Å². The molecular formula is C13H15BrN2S. The van der Waals surface area contributed by atoms with Gasteiger partial charge in [-0.25, -0.2) is 0 Å². The lowest BCUT2D eigenvalue weighted by Gasteiger charge is -2.04. The number of hydrogen-bond donors (Lipinski definition) is 1. The molecule has 1 aromatic carbocycles. The average Bonchev–Trinajstić information content (AvgIpc) is 3.06. The molecule has 1 aromatic heterocycles. The van der Waals surface area contributed by atoms with Gasteiger partial charge in [-0.15, -0.1) is 0 Å². The van der Waals surface area contributed by atoms with Gasteiger partial charge in [-0.3, -0.25) is 0 Å². The Hall–Kier alpha value is -0.610. The lowest BCUT2D eigenvalue weighted by atomic mass is 10.2. The molecule has 1 aliphatic rings. The second-order valence-electron chi connectivity index (χ2n) is 4.83. The zero-order chi connectivity index (χ0) is 11.8. The van der Waals surface area contributed by atoms with Gasteiger partial charge >= 0.3 is 0 Å². The summed E-state index contributed by atoms with van der Waals surface area (Å²) >= 11 is 8.90. The Morgan fingerprint density at radius 2 is 2.24 bits per heavy atom. The number of aromatic nitrogens is 2. The Morgan fingerprint density at radius 3 is 3.00 bits per heavy atom. The summed E-state index contributed by atoms with van der Waals surface area (Å²) in [6.07, 6.45) is 5.45. The second-order valence-corrected chi connectivity index (χ2v) is 6.13. The monoisotopic (exact) mass is 310 g/mol. The van der Waals surface area contributed by atoms with Crippen molar-refractivity contribution in [3.8, 4) is 0 Å². The molecular weight excluding hydrogens is 296 g/mol. The maximum atomic E-state index is 5.38. The molecule has 1 aliphatic carbocycles. The number of imidazole rings is 1. The molecule has 3 rings (SSSR count). The van der Waals surface area contributed by atoms with E-state index in [9.17, 15) is 0 Å². The molecule has 90 valence electrons. The van der Waals surface area contributed by atoms with Crippen molar-refractivity contribution in [3.05, 3.63) is 27.4 Å². The maximum Gasteiger partial charge on any atom is 0.178 e. The number of aromatic amines is 1. The molecule has 0 amide bonds. The molecule has 0 aliphatic heterocycles. The number of aryl methyl sites for hydroxylation is 1. The number of nitrogens with zero attached hydrogens (tertiary/aromatic N) is 1. The first kappa shape index (κ1) is 11.5. The van der Waals surface area contributed by atoms with E-state index in [2.05, 4.69) is 37.6 Å². The first-order valence-corrected chi connectivity index (χ1v) is 7.32. The highest BCUT2D eigenvalue weighted by Crippen LogP contribution is 2.33. The van der Waals surface area contributed by atoms with Gasteiger partial charge in [0.05, 0.1) is 11.0 Å². The van der Waals surface area contributed by atoms with Gasteiger partial charge in [0, 0.05) is 11.0 Å². The Kier molecular flexibility index (Phi) is 3.09. The molecule has 0 unspecified atom stereocenters. The lowest BCUT2D eigenvalue weighted by molar-refractivity contribution is 0.582. The minimum atomic E-state index is 0.842. The fourth-order valence-corrected chi connectivity index (χ4v) is 2.94. The topological polar surface area (TPSA) is 20.7 Å². The van der Waals surface area contributed by atoms with Crippen LogP contribution in [0.4, 0.5) is 0 Å². The molecule has 1 fully saturated rings. The van der Waals surface area contributed by atoms with Gasteiger partial charge < -0.3 is 9.55 Å². The van der Waals surface area contributed by atoms with Gasteiger partial charge in [-0.1, -0.05) is 28.8 Å². The standard InChI is InChI=1S/C13H15BrN2S/c14-10-5-6-11-12(8-10)16(13(17)15-11)7-1-2-9-3-4-9/h5-6,8-9H,1-4,7H2,(H,15,17). The van der Waals surface area contributed by atoms with Crippen molar-refractivity contribution in [3.63, 3.8) is 0 Å². The van der Waals surface area contributed by atoms with E-state index in [-0.39, 0.29) is 0 Å². The van der Waals surface area contributed by atoms with E-state index >= 15 is 0 Å². The van der Waals surface area contributed by atoms with Gasteiger partial charge in [0.1, 0.15) is 0 Å². The Labute approximate surface area is 114 Å². The average molecular weight is 311 g/mol. The van der Waals surface area contributed by atoms with Crippen LogP contribution < -0.4 is 0 Å². The SMILES string of the molecule is S=c1[nH]c2ccc(Br)cc2n1CCCC1CC1. The van der Waals surface area contributed by atoms with E-state index in [0.717, 1.165) is 27.2 Å². The fraction of sp³-hybridized carbons (Fsp3) is 0.462. The molecule has 0 bridgehead atoms. The van der Waals surface area contributed by atoms with Crippen molar-refractivity contribution in [2.45, 2.75) is 32.2 Å². The summed E-state index contributed by atoms with van der Waals surface area (Å²) in [5, 5.41) is 0. The van der Waals surface area contributed by atoms with Gasteiger partial charge in [0.2, 0.25) is 0 Å². The highest BCUT2D eigenvalue weighted by atomic mass is 79.9. The Balaban J connectivity index is 1.87. The zero-order valence-electron chi connectivity index (χ0n) is 9.58. The first-order chi connectivity index (χ1) is 8.24. The summed E-state index contributed by atoms with van der Waals surface area (Å²) in [5.41, 5.74) is 2.34. The minimum absolute atomic E-state index is 0.842. The van der Waals surface area contributed by atoms with Crippen molar-refractivity contribution in [2.24, 2.45) is 5.92 Å².